The SMILES string of the molecule is C1=CCC(CNc2ccc3sccc3c2)CC1. The second-order valence-electron chi connectivity index (χ2n) is 4.70. The summed E-state index contributed by atoms with van der Waals surface area (Å²) in [6, 6.07) is 8.85. The van der Waals surface area contributed by atoms with Gasteiger partial charge in [0, 0.05) is 16.9 Å². The van der Waals surface area contributed by atoms with Gasteiger partial charge in [0.25, 0.3) is 0 Å². The maximum absolute atomic E-state index is 3.57. The molecular weight excluding hydrogens is 226 g/mol. The third-order valence-electron chi connectivity index (χ3n) is 3.42. The fourth-order valence-corrected chi connectivity index (χ4v) is 3.15. The van der Waals surface area contributed by atoms with Gasteiger partial charge in [-0.15, -0.1) is 11.3 Å². The summed E-state index contributed by atoms with van der Waals surface area (Å²) in [6.45, 7) is 1.10. The molecule has 0 aliphatic heterocycles. The summed E-state index contributed by atoms with van der Waals surface area (Å²) < 4.78 is 1.37. The van der Waals surface area contributed by atoms with Gasteiger partial charge in [-0.25, -0.2) is 0 Å². The van der Waals surface area contributed by atoms with Crippen molar-refractivity contribution in [3.63, 3.8) is 0 Å². The molecule has 0 amide bonds. The van der Waals surface area contributed by atoms with Crippen molar-refractivity contribution in [3.8, 4) is 0 Å². The molecule has 1 heterocycles. The highest BCUT2D eigenvalue weighted by Crippen LogP contribution is 2.25. The molecule has 2 heteroatoms. The molecule has 3 rings (SSSR count). The first kappa shape index (κ1) is 10.8. The molecule has 1 aliphatic rings. The van der Waals surface area contributed by atoms with Crippen LogP contribution in [0.4, 0.5) is 5.69 Å². The molecule has 17 heavy (non-hydrogen) atoms. The van der Waals surface area contributed by atoms with E-state index in [2.05, 4.69) is 47.1 Å². The summed E-state index contributed by atoms with van der Waals surface area (Å²) in [5.74, 6) is 0.804. The van der Waals surface area contributed by atoms with E-state index < -0.39 is 0 Å². The van der Waals surface area contributed by atoms with Crippen LogP contribution in [-0.4, -0.2) is 6.54 Å². The maximum atomic E-state index is 3.57. The lowest BCUT2D eigenvalue weighted by atomic mass is 9.94. The van der Waals surface area contributed by atoms with Gasteiger partial charge < -0.3 is 5.32 Å². The van der Waals surface area contributed by atoms with E-state index in [0.717, 1.165) is 12.5 Å². The summed E-state index contributed by atoms with van der Waals surface area (Å²) >= 11 is 1.81. The van der Waals surface area contributed by atoms with Gasteiger partial charge in [-0.1, -0.05) is 12.2 Å². The van der Waals surface area contributed by atoms with Crippen LogP contribution in [0.1, 0.15) is 19.3 Å². The van der Waals surface area contributed by atoms with Crippen molar-refractivity contribution < 1.29 is 0 Å². The van der Waals surface area contributed by atoms with Gasteiger partial charge in [0.05, 0.1) is 0 Å². The smallest absolute Gasteiger partial charge is 0.0347 e. The Labute approximate surface area is 106 Å². The third kappa shape index (κ3) is 2.52. The molecule has 0 saturated heterocycles. The van der Waals surface area contributed by atoms with E-state index in [9.17, 15) is 0 Å². The van der Waals surface area contributed by atoms with E-state index in [1.54, 1.807) is 11.3 Å². The zero-order chi connectivity index (χ0) is 11.5. The van der Waals surface area contributed by atoms with Gasteiger partial charge >= 0.3 is 0 Å². The van der Waals surface area contributed by atoms with Gasteiger partial charge in [0.2, 0.25) is 0 Å². The minimum Gasteiger partial charge on any atom is -0.385 e. The fraction of sp³-hybridized carbons (Fsp3) is 0.333. The Morgan fingerprint density at radius 3 is 3.12 bits per heavy atom. The van der Waals surface area contributed by atoms with E-state index >= 15 is 0 Å². The predicted octanol–water partition coefficient (Wildman–Crippen LogP) is 4.67. The number of hydrogen-bond donors (Lipinski definition) is 1. The van der Waals surface area contributed by atoms with Crippen molar-refractivity contribution in [2.45, 2.75) is 19.3 Å². The molecule has 1 nitrogen and oxygen atoms in total. The predicted molar refractivity (Wildman–Crippen MR) is 76.8 cm³/mol. The lowest BCUT2D eigenvalue weighted by Gasteiger charge is -2.18. The summed E-state index contributed by atoms with van der Waals surface area (Å²) in [5.41, 5.74) is 1.26. The lowest BCUT2D eigenvalue weighted by molar-refractivity contribution is 0.504. The van der Waals surface area contributed by atoms with Crippen molar-refractivity contribution in [2.75, 3.05) is 11.9 Å². The Hall–Kier alpha value is -1.28. The molecule has 1 N–H and O–H groups in total. The monoisotopic (exact) mass is 243 g/mol. The molecule has 1 unspecified atom stereocenters. The van der Waals surface area contributed by atoms with Gasteiger partial charge in [-0.3, -0.25) is 0 Å². The minimum atomic E-state index is 0.804. The minimum absolute atomic E-state index is 0.804. The number of fused-ring (bicyclic) bond motifs is 1. The number of hydrogen-bond acceptors (Lipinski definition) is 2. The zero-order valence-electron chi connectivity index (χ0n) is 9.86. The standard InChI is InChI=1S/C15H17NS/c1-2-4-12(5-3-1)11-16-14-6-7-15-13(10-14)8-9-17-15/h1-2,6-10,12,16H,3-5,11H2. The van der Waals surface area contributed by atoms with E-state index in [4.69, 9.17) is 0 Å². The average Bonchev–Trinajstić information content (AvgIpc) is 2.85. The van der Waals surface area contributed by atoms with Crippen molar-refractivity contribution in [3.05, 3.63) is 41.8 Å². The number of thiophene rings is 1. The van der Waals surface area contributed by atoms with Crippen molar-refractivity contribution in [1.82, 2.24) is 0 Å². The molecule has 0 radical (unpaired) electrons. The van der Waals surface area contributed by atoms with Crippen LogP contribution < -0.4 is 5.32 Å². The lowest BCUT2D eigenvalue weighted by Crippen LogP contribution is -2.15. The Balaban J connectivity index is 1.65. The van der Waals surface area contributed by atoms with Crippen molar-refractivity contribution in [1.29, 1.82) is 0 Å². The van der Waals surface area contributed by atoms with Crippen LogP contribution in [0.5, 0.6) is 0 Å². The zero-order valence-corrected chi connectivity index (χ0v) is 10.7. The average molecular weight is 243 g/mol. The molecule has 0 spiro atoms. The Morgan fingerprint density at radius 2 is 2.24 bits per heavy atom. The molecule has 2 aromatic rings. The second-order valence-corrected chi connectivity index (χ2v) is 5.65. The topological polar surface area (TPSA) is 12.0 Å². The quantitative estimate of drug-likeness (QED) is 0.772. The summed E-state index contributed by atoms with van der Waals surface area (Å²) in [6.07, 6.45) is 8.42. The largest absolute Gasteiger partial charge is 0.385 e. The van der Waals surface area contributed by atoms with E-state index in [1.807, 2.05) is 0 Å². The summed E-state index contributed by atoms with van der Waals surface area (Å²) in [5, 5.41) is 7.07. The number of rotatable bonds is 3. The molecule has 88 valence electrons. The maximum Gasteiger partial charge on any atom is 0.0347 e. The highest BCUT2D eigenvalue weighted by Gasteiger charge is 2.09. The van der Waals surface area contributed by atoms with E-state index in [1.165, 1.54) is 35.0 Å². The highest BCUT2D eigenvalue weighted by molar-refractivity contribution is 7.17. The first-order chi connectivity index (χ1) is 8.42. The van der Waals surface area contributed by atoms with Crippen LogP contribution >= 0.6 is 11.3 Å². The van der Waals surface area contributed by atoms with E-state index in [-0.39, 0.29) is 0 Å². The molecule has 0 bridgehead atoms. The summed E-state index contributed by atoms with van der Waals surface area (Å²) in [4.78, 5) is 0. The Bertz CT molecular complexity index is 526. The van der Waals surface area contributed by atoms with Gasteiger partial charge in [-0.2, -0.15) is 0 Å². The first-order valence-corrected chi connectivity index (χ1v) is 7.16. The number of nitrogens with one attached hydrogen (secondary N) is 1. The fourth-order valence-electron chi connectivity index (χ4n) is 2.38. The Morgan fingerprint density at radius 1 is 1.24 bits per heavy atom. The van der Waals surface area contributed by atoms with Crippen LogP contribution in [-0.2, 0) is 0 Å². The number of allylic oxidation sites excluding steroid dienone is 2. The van der Waals surface area contributed by atoms with Gasteiger partial charge in [0.1, 0.15) is 0 Å². The number of benzene rings is 1. The number of anilines is 1. The molecule has 0 saturated carbocycles. The molecule has 1 aromatic carbocycles. The van der Waals surface area contributed by atoms with Crippen molar-refractivity contribution in [2.24, 2.45) is 5.92 Å². The van der Waals surface area contributed by atoms with Crippen molar-refractivity contribution >= 4 is 27.1 Å². The van der Waals surface area contributed by atoms with Crippen LogP contribution in [0.2, 0.25) is 0 Å². The third-order valence-corrected chi connectivity index (χ3v) is 4.32. The van der Waals surface area contributed by atoms with Crippen LogP contribution in [0.25, 0.3) is 10.1 Å². The molecule has 1 atom stereocenters. The second kappa shape index (κ2) is 4.92. The van der Waals surface area contributed by atoms with Crippen LogP contribution in [0.15, 0.2) is 41.8 Å². The van der Waals surface area contributed by atoms with Crippen LogP contribution in [0, 0.1) is 5.92 Å². The highest BCUT2D eigenvalue weighted by atomic mass is 32.1. The first-order valence-electron chi connectivity index (χ1n) is 6.28. The van der Waals surface area contributed by atoms with Gasteiger partial charge in [0.15, 0.2) is 0 Å². The molecular formula is C15H17NS. The van der Waals surface area contributed by atoms with Crippen LogP contribution in [0.3, 0.4) is 0 Å². The van der Waals surface area contributed by atoms with Gasteiger partial charge in [-0.05, 0) is 60.2 Å². The summed E-state index contributed by atoms with van der Waals surface area (Å²) in [7, 11) is 0. The molecule has 0 fully saturated rings. The molecule has 1 aliphatic carbocycles. The van der Waals surface area contributed by atoms with E-state index in [0.29, 0.717) is 0 Å². The Kier molecular flexibility index (Phi) is 3.14. The normalized spacial score (nSPS) is 19.6. The molecule has 1 aromatic heterocycles.